The van der Waals surface area contributed by atoms with Crippen LogP contribution in [0, 0.1) is 0 Å². The Hall–Kier alpha value is -2.01. The summed E-state index contributed by atoms with van der Waals surface area (Å²) in [5.74, 6) is 0.702. The number of fused-ring (bicyclic) bond motifs is 1. The Labute approximate surface area is 111 Å². The minimum Gasteiger partial charge on any atom is -0.459 e. The predicted octanol–water partition coefficient (Wildman–Crippen LogP) is 2.17. The Balaban J connectivity index is 2.03. The van der Waals surface area contributed by atoms with Crippen molar-refractivity contribution in [3.05, 3.63) is 36.1 Å². The second-order valence-corrected chi connectivity index (χ2v) is 4.61. The average Bonchev–Trinajstić information content (AvgIpc) is 2.82. The van der Waals surface area contributed by atoms with E-state index in [-0.39, 0.29) is 24.7 Å². The van der Waals surface area contributed by atoms with Gasteiger partial charge in [0.1, 0.15) is 11.3 Å². The zero-order valence-corrected chi connectivity index (χ0v) is 11.0. The summed E-state index contributed by atoms with van der Waals surface area (Å²) in [7, 11) is 0. The Kier molecular flexibility index (Phi) is 4.06. The molecule has 2 rings (SSSR count). The van der Waals surface area contributed by atoms with Crippen LogP contribution < -0.4 is 10.6 Å². The quantitative estimate of drug-likeness (QED) is 0.790. The normalized spacial score (nSPS) is 14.1. The second kappa shape index (κ2) is 5.75. The molecule has 3 N–H and O–H groups in total. The van der Waals surface area contributed by atoms with Crippen LogP contribution in [0.2, 0.25) is 0 Å². The lowest BCUT2D eigenvalue weighted by Crippen LogP contribution is -2.43. The first kappa shape index (κ1) is 13.4. The summed E-state index contributed by atoms with van der Waals surface area (Å²) in [6.45, 7) is 3.48. The van der Waals surface area contributed by atoms with E-state index in [0.29, 0.717) is 5.76 Å². The van der Waals surface area contributed by atoms with Crippen LogP contribution in [0.5, 0.6) is 0 Å². The third kappa shape index (κ3) is 3.26. The standard InChI is InChI=1S/C14H18N2O3/c1-9(8-17)15-14(18)16-10(2)13-7-11-5-3-4-6-12(11)19-13/h3-7,9-10,17H,8H2,1-2H3,(H2,15,16,18). The third-order valence-corrected chi connectivity index (χ3v) is 2.87. The number of carbonyl (C=O) groups is 1. The highest BCUT2D eigenvalue weighted by Gasteiger charge is 2.14. The van der Waals surface area contributed by atoms with Crippen LogP contribution in [0.4, 0.5) is 4.79 Å². The summed E-state index contributed by atoms with van der Waals surface area (Å²) in [6, 6.07) is 8.77. The van der Waals surface area contributed by atoms with Crippen molar-refractivity contribution >= 4 is 17.0 Å². The van der Waals surface area contributed by atoms with Crippen molar-refractivity contribution in [3.8, 4) is 0 Å². The Bertz CT molecular complexity index is 532. The first-order valence-electron chi connectivity index (χ1n) is 6.26. The van der Waals surface area contributed by atoms with E-state index in [4.69, 9.17) is 9.52 Å². The molecule has 2 atom stereocenters. The molecule has 0 aliphatic heterocycles. The Morgan fingerprint density at radius 1 is 1.32 bits per heavy atom. The van der Waals surface area contributed by atoms with E-state index >= 15 is 0 Å². The molecule has 0 saturated carbocycles. The van der Waals surface area contributed by atoms with Gasteiger partial charge in [0.15, 0.2) is 0 Å². The molecule has 102 valence electrons. The van der Waals surface area contributed by atoms with Gasteiger partial charge >= 0.3 is 6.03 Å². The zero-order chi connectivity index (χ0) is 13.8. The number of hydrogen-bond acceptors (Lipinski definition) is 3. The summed E-state index contributed by atoms with van der Waals surface area (Å²) in [6.07, 6.45) is 0. The van der Waals surface area contributed by atoms with Crippen molar-refractivity contribution in [2.45, 2.75) is 25.9 Å². The number of nitrogens with one attached hydrogen (secondary N) is 2. The van der Waals surface area contributed by atoms with E-state index in [1.54, 1.807) is 6.92 Å². The summed E-state index contributed by atoms with van der Waals surface area (Å²) in [5.41, 5.74) is 0.801. The van der Waals surface area contributed by atoms with Crippen LogP contribution in [0.25, 0.3) is 11.0 Å². The van der Waals surface area contributed by atoms with Crippen LogP contribution in [-0.2, 0) is 0 Å². The van der Waals surface area contributed by atoms with Crippen molar-refractivity contribution < 1.29 is 14.3 Å². The number of urea groups is 1. The molecule has 0 spiro atoms. The number of furan rings is 1. The first-order chi connectivity index (χ1) is 9.10. The van der Waals surface area contributed by atoms with Crippen molar-refractivity contribution in [1.82, 2.24) is 10.6 Å². The summed E-state index contributed by atoms with van der Waals surface area (Å²) in [4.78, 5) is 11.6. The minimum atomic E-state index is -0.325. The molecule has 1 aromatic heterocycles. The maximum absolute atomic E-state index is 11.6. The van der Waals surface area contributed by atoms with Crippen LogP contribution in [0.15, 0.2) is 34.7 Å². The SMILES string of the molecule is CC(CO)NC(=O)NC(C)c1cc2ccccc2o1. The van der Waals surface area contributed by atoms with Gasteiger partial charge < -0.3 is 20.2 Å². The summed E-state index contributed by atoms with van der Waals surface area (Å²) >= 11 is 0. The van der Waals surface area contributed by atoms with Crippen molar-refractivity contribution in [3.63, 3.8) is 0 Å². The largest absolute Gasteiger partial charge is 0.459 e. The van der Waals surface area contributed by atoms with Crippen molar-refractivity contribution in [1.29, 1.82) is 0 Å². The lowest BCUT2D eigenvalue weighted by molar-refractivity contribution is 0.217. The second-order valence-electron chi connectivity index (χ2n) is 4.61. The van der Waals surface area contributed by atoms with Gasteiger partial charge in [-0.15, -0.1) is 0 Å². The number of hydrogen-bond donors (Lipinski definition) is 3. The van der Waals surface area contributed by atoms with Gasteiger partial charge in [0.05, 0.1) is 18.7 Å². The van der Waals surface area contributed by atoms with E-state index in [9.17, 15) is 4.79 Å². The number of carbonyl (C=O) groups excluding carboxylic acids is 1. The van der Waals surface area contributed by atoms with Gasteiger partial charge in [-0.25, -0.2) is 4.79 Å². The number of benzene rings is 1. The molecule has 2 unspecified atom stereocenters. The molecule has 2 aromatic rings. The van der Waals surface area contributed by atoms with E-state index in [2.05, 4.69) is 10.6 Å². The lowest BCUT2D eigenvalue weighted by Gasteiger charge is -2.15. The van der Waals surface area contributed by atoms with E-state index in [0.717, 1.165) is 11.0 Å². The van der Waals surface area contributed by atoms with Gasteiger partial charge in [0.2, 0.25) is 0 Å². The number of rotatable bonds is 4. The van der Waals surface area contributed by atoms with Gasteiger partial charge in [-0.2, -0.15) is 0 Å². The molecule has 0 radical (unpaired) electrons. The zero-order valence-electron chi connectivity index (χ0n) is 11.0. The maximum atomic E-state index is 11.6. The number of aliphatic hydroxyl groups is 1. The Morgan fingerprint density at radius 3 is 2.74 bits per heavy atom. The summed E-state index contributed by atoms with van der Waals surface area (Å²) in [5, 5.41) is 15.3. The molecule has 1 aromatic carbocycles. The monoisotopic (exact) mass is 262 g/mol. The molecule has 0 saturated heterocycles. The fourth-order valence-electron chi connectivity index (χ4n) is 1.79. The van der Waals surface area contributed by atoms with E-state index in [1.807, 2.05) is 37.3 Å². The van der Waals surface area contributed by atoms with Crippen molar-refractivity contribution in [2.24, 2.45) is 0 Å². The predicted molar refractivity (Wildman–Crippen MR) is 72.8 cm³/mol. The molecule has 0 aliphatic carbocycles. The van der Waals surface area contributed by atoms with Crippen LogP contribution in [0.3, 0.4) is 0 Å². The fraction of sp³-hybridized carbons (Fsp3) is 0.357. The highest BCUT2D eigenvalue weighted by Crippen LogP contribution is 2.23. The van der Waals surface area contributed by atoms with Gasteiger partial charge in [-0.3, -0.25) is 0 Å². The van der Waals surface area contributed by atoms with Crippen molar-refractivity contribution in [2.75, 3.05) is 6.61 Å². The van der Waals surface area contributed by atoms with Gasteiger partial charge in [-0.1, -0.05) is 18.2 Å². The molecule has 0 aliphatic rings. The third-order valence-electron chi connectivity index (χ3n) is 2.87. The average molecular weight is 262 g/mol. The topological polar surface area (TPSA) is 74.5 Å². The van der Waals surface area contributed by atoms with Crippen LogP contribution in [0.1, 0.15) is 25.6 Å². The maximum Gasteiger partial charge on any atom is 0.315 e. The highest BCUT2D eigenvalue weighted by molar-refractivity contribution is 5.78. The van der Waals surface area contributed by atoms with E-state index < -0.39 is 0 Å². The molecule has 1 heterocycles. The molecule has 2 amide bonds. The molecule has 5 heteroatoms. The first-order valence-corrected chi connectivity index (χ1v) is 6.26. The van der Waals surface area contributed by atoms with Gasteiger partial charge in [0.25, 0.3) is 0 Å². The smallest absolute Gasteiger partial charge is 0.315 e. The molecule has 0 fully saturated rings. The van der Waals surface area contributed by atoms with Crippen LogP contribution in [-0.4, -0.2) is 23.8 Å². The number of aliphatic hydroxyl groups excluding tert-OH is 1. The fourth-order valence-corrected chi connectivity index (χ4v) is 1.79. The minimum absolute atomic E-state index is 0.0908. The molecule has 0 bridgehead atoms. The summed E-state index contributed by atoms with van der Waals surface area (Å²) < 4.78 is 5.67. The molecule has 19 heavy (non-hydrogen) atoms. The van der Waals surface area contributed by atoms with Gasteiger partial charge in [0, 0.05) is 5.39 Å². The number of para-hydroxylation sites is 1. The Morgan fingerprint density at radius 2 is 2.05 bits per heavy atom. The lowest BCUT2D eigenvalue weighted by atomic mass is 10.2. The molecular weight excluding hydrogens is 244 g/mol. The molecule has 5 nitrogen and oxygen atoms in total. The van der Waals surface area contributed by atoms with Gasteiger partial charge in [-0.05, 0) is 26.0 Å². The van der Waals surface area contributed by atoms with E-state index in [1.165, 1.54) is 0 Å². The highest BCUT2D eigenvalue weighted by atomic mass is 16.3. The molecular formula is C14H18N2O3. The number of amides is 2. The van der Waals surface area contributed by atoms with Crippen LogP contribution >= 0.6 is 0 Å².